The normalized spacial score (nSPS) is 19.1. The van der Waals surface area contributed by atoms with Crippen LogP contribution < -0.4 is 20.3 Å². The number of aliphatic hydroxyl groups excluding tert-OH is 1. The summed E-state index contributed by atoms with van der Waals surface area (Å²) in [7, 11) is -8.31. The number of hydrogen-bond donors (Lipinski definition) is 4. The van der Waals surface area contributed by atoms with E-state index in [9.17, 15) is 27.5 Å². The second kappa shape index (κ2) is 17.9. The molecule has 0 aliphatic carbocycles. The molecule has 1 aliphatic rings. The van der Waals surface area contributed by atoms with Gasteiger partial charge in [0.25, 0.3) is 5.91 Å². The molecule has 2 amide bonds. The van der Waals surface area contributed by atoms with Crippen LogP contribution in [0.3, 0.4) is 0 Å². The molecule has 51 heavy (non-hydrogen) atoms. The number of nitrogens with zero attached hydrogens (tertiary/aromatic N) is 1. The number of hydrogen-bond acceptors (Lipinski definition) is 11. The number of carbonyl (C=O) groups is 2. The van der Waals surface area contributed by atoms with Crippen LogP contribution in [-0.2, 0) is 33.6 Å². The number of amides is 2. The Morgan fingerprint density at radius 2 is 1.75 bits per heavy atom. The number of aliphatic hydroxyl groups is 1. The molecular formula is C35H46N3O10PS2. The van der Waals surface area contributed by atoms with E-state index in [1.165, 1.54) is 24.8 Å². The standard InChI is InChI=1S/C35H46N3O10PS2/c1-5-7-18-35(6-2)22-38(27-16-12-9-13-17-27)28-19-30(50-4)29(20-31(28)51(44,45)23-35)46-21-32(40)37-33(26-14-10-8-11-15-26)34(41)36-24-49(42,43)48-47-25(3)39/h8-17,19-20,25,33,39H,5-7,18,21-24H2,1-4H3,(H,36,41)(H,37,40)(H,42,43)/t25-,33?,35?/m1/s1. The summed E-state index contributed by atoms with van der Waals surface area (Å²) in [6.45, 7) is 5.25. The molecule has 0 radical (unpaired) electrons. The fraction of sp³-hybridized carbons (Fsp3) is 0.429. The minimum atomic E-state index is -4.50. The maximum absolute atomic E-state index is 14.2. The van der Waals surface area contributed by atoms with Gasteiger partial charge in [0, 0.05) is 23.7 Å². The number of unbranched alkanes of at least 4 members (excludes halogenated alkanes) is 1. The summed E-state index contributed by atoms with van der Waals surface area (Å²) < 4.78 is 50.9. The van der Waals surface area contributed by atoms with Gasteiger partial charge < -0.3 is 30.3 Å². The third kappa shape index (κ3) is 10.8. The van der Waals surface area contributed by atoms with E-state index >= 15 is 0 Å². The van der Waals surface area contributed by atoms with Crippen molar-refractivity contribution in [3.63, 3.8) is 0 Å². The van der Waals surface area contributed by atoms with Gasteiger partial charge in [-0.1, -0.05) is 75.2 Å². The van der Waals surface area contributed by atoms with Gasteiger partial charge in [-0.2, -0.15) is 4.89 Å². The zero-order chi connectivity index (χ0) is 37.2. The lowest BCUT2D eigenvalue weighted by molar-refractivity contribution is -0.303. The highest BCUT2D eigenvalue weighted by atomic mass is 32.2. The maximum atomic E-state index is 14.2. The van der Waals surface area contributed by atoms with Crippen LogP contribution >= 0.6 is 19.4 Å². The highest BCUT2D eigenvalue weighted by Gasteiger charge is 2.42. The van der Waals surface area contributed by atoms with Crippen molar-refractivity contribution in [3.8, 4) is 5.75 Å². The lowest BCUT2D eigenvalue weighted by Gasteiger charge is -2.36. The number of para-hydroxylation sites is 1. The number of anilines is 2. The van der Waals surface area contributed by atoms with Crippen molar-refractivity contribution in [2.75, 3.05) is 36.3 Å². The van der Waals surface area contributed by atoms with Crippen molar-refractivity contribution in [1.29, 1.82) is 0 Å². The second-order valence-electron chi connectivity index (χ2n) is 12.4. The van der Waals surface area contributed by atoms with E-state index in [4.69, 9.17) is 9.84 Å². The number of ether oxygens (including phenoxy) is 1. The molecule has 4 rings (SSSR count). The Balaban J connectivity index is 1.61. The van der Waals surface area contributed by atoms with Crippen molar-refractivity contribution in [2.45, 2.75) is 68.6 Å². The molecule has 16 heteroatoms. The molecule has 0 saturated heterocycles. The van der Waals surface area contributed by atoms with Crippen LogP contribution in [0.15, 0.2) is 82.6 Å². The van der Waals surface area contributed by atoms with Crippen LogP contribution in [0.1, 0.15) is 58.1 Å². The van der Waals surface area contributed by atoms with Crippen molar-refractivity contribution in [1.82, 2.24) is 10.6 Å². The maximum Gasteiger partial charge on any atom is 0.374 e. The molecule has 0 saturated carbocycles. The van der Waals surface area contributed by atoms with Crippen LogP contribution in [0.2, 0.25) is 0 Å². The minimum Gasteiger partial charge on any atom is -0.483 e. The van der Waals surface area contributed by atoms with E-state index in [0.717, 1.165) is 24.9 Å². The monoisotopic (exact) mass is 763 g/mol. The first-order chi connectivity index (χ1) is 24.2. The number of sulfone groups is 1. The number of benzene rings is 3. The molecule has 278 valence electrons. The topological polar surface area (TPSA) is 181 Å². The number of thioether (sulfide) groups is 1. The fourth-order valence-corrected chi connectivity index (χ4v) is 9.26. The number of carbonyl (C=O) groups excluding carboxylic acids is 2. The predicted molar refractivity (Wildman–Crippen MR) is 195 cm³/mol. The highest BCUT2D eigenvalue weighted by molar-refractivity contribution is 7.98. The van der Waals surface area contributed by atoms with Gasteiger partial charge in [-0.25, -0.2) is 8.42 Å². The lowest BCUT2D eigenvalue weighted by Crippen LogP contribution is -2.42. The smallest absolute Gasteiger partial charge is 0.374 e. The summed E-state index contributed by atoms with van der Waals surface area (Å²) in [4.78, 5) is 43.5. The van der Waals surface area contributed by atoms with Crippen LogP contribution in [0.4, 0.5) is 11.4 Å². The van der Waals surface area contributed by atoms with Crippen molar-refractivity contribution < 1.29 is 46.9 Å². The quantitative estimate of drug-likeness (QED) is 0.0434. The zero-order valence-electron chi connectivity index (χ0n) is 29.1. The van der Waals surface area contributed by atoms with E-state index in [1.807, 2.05) is 43.5 Å². The Hall–Kier alpha value is -3.43. The van der Waals surface area contributed by atoms with E-state index in [-0.39, 0.29) is 16.4 Å². The van der Waals surface area contributed by atoms with E-state index in [0.29, 0.717) is 29.1 Å². The third-order valence-corrected chi connectivity index (χ3v) is 12.2. The first-order valence-electron chi connectivity index (χ1n) is 16.6. The van der Waals surface area contributed by atoms with Crippen LogP contribution in [0.5, 0.6) is 5.75 Å². The molecule has 3 aromatic carbocycles. The molecule has 13 nitrogen and oxygen atoms in total. The van der Waals surface area contributed by atoms with E-state index in [1.54, 1.807) is 36.4 Å². The van der Waals surface area contributed by atoms with E-state index < -0.39 is 59.9 Å². The van der Waals surface area contributed by atoms with Crippen molar-refractivity contribution in [3.05, 3.63) is 78.4 Å². The van der Waals surface area contributed by atoms with Gasteiger partial charge in [-0.3, -0.25) is 14.2 Å². The summed E-state index contributed by atoms with van der Waals surface area (Å²) >= 11 is 1.34. The Bertz CT molecular complexity index is 1800. The summed E-state index contributed by atoms with van der Waals surface area (Å²) in [6, 6.07) is 19.9. The average molecular weight is 764 g/mol. The molecule has 3 aromatic rings. The largest absolute Gasteiger partial charge is 0.483 e. The summed E-state index contributed by atoms with van der Waals surface area (Å²) in [6.07, 6.45) is 2.75. The predicted octanol–water partition coefficient (Wildman–Crippen LogP) is 5.70. The highest BCUT2D eigenvalue weighted by Crippen LogP contribution is 2.47. The third-order valence-electron chi connectivity index (χ3n) is 8.55. The molecule has 0 aromatic heterocycles. The summed E-state index contributed by atoms with van der Waals surface area (Å²) in [5.74, 6) is -1.37. The van der Waals surface area contributed by atoms with Crippen LogP contribution in [-0.4, -0.2) is 68.0 Å². The Labute approximate surface area is 303 Å². The van der Waals surface area contributed by atoms with Crippen LogP contribution in [0.25, 0.3) is 0 Å². The number of fused-ring (bicyclic) bond motifs is 1. The first kappa shape index (κ1) is 40.3. The van der Waals surface area contributed by atoms with E-state index in [2.05, 4.69) is 32.0 Å². The molecule has 3 unspecified atom stereocenters. The van der Waals surface area contributed by atoms with Crippen LogP contribution in [0, 0.1) is 5.41 Å². The molecular weight excluding hydrogens is 718 g/mol. The van der Waals surface area contributed by atoms with Gasteiger partial charge in [0.1, 0.15) is 18.1 Å². The minimum absolute atomic E-state index is 0.0315. The molecule has 1 aliphatic heterocycles. The van der Waals surface area contributed by atoms with Crippen molar-refractivity contribution >= 4 is 52.4 Å². The first-order valence-corrected chi connectivity index (χ1v) is 21.2. The van der Waals surface area contributed by atoms with Crippen molar-refractivity contribution in [2.24, 2.45) is 5.41 Å². The fourth-order valence-electron chi connectivity index (χ4n) is 5.87. The summed E-state index contributed by atoms with van der Waals surface area (Å²) in [5, 5.41) is 14.0. The van der Waals surface area contributed by atoms with Gasteiger partial charge in [0.05, 0.1) is 21.2 Å². The summed E-state index contributed by atoms with van der Waals surface area (Å²) in [5.41, 5.74) is 1.30. The van der Waals surface area contributed by atoms with Gasteiger partial charge >= 0.3 is 7.60 Å². The number of nitrogens with one attached hydrogen (secondary N) is 2. The Kier molecular flexibility index (Phi) is 14.1. The lowest BCUT2D eigenvalue weighted by atomic mass is 9.81. The Morgan fingerprint density at radius 3 is 2.35 bits per heavy atom. The second-order valence-corrected chi connectivity index (χ2v) is 17.0. The Morgan fingerprint density at radius 1 is 1.08 bits per heavy atom. The molecule has 0 spiro atoms. The molecule has 1 heterocycles. The number of rotatable bonds is 17. The van der Waals surface area contributed by atoms with Gasteiger partial charge in [0.2, 0.25) is 5.91 Å². The average Bonchev–Trinajstić information content (AvgIpc) is 3.22. The van der Waals surface area contributed by atoms with Gasteiger partial charge in [-0.05, 0) is 49.8 Å². The molecule has 4 atom stereocenters. The zero-order valence-corrected chi connectivity index (χ0v) is 31.6. The molecule has 0 fully saturated rings. The molecule has 4 N–H and O–H groups in total. The SMILES string of the molecule is CCCCC1(CC)CN(c2ccccc2)c2cc(SC)c(OCC(=O)NC(C(=O)NCP(=O)(O)OO[C@H](C)O)c3ccccc3)cc2S(=O)(=O)C1. The molecule has 0 bridgehead atoms. The van der Waals surface area contributed by atoms with Gasteiger partial charge in [-0.15, -0.1) is 16.4 Å². The van der Waals surface area contributed by atoms with Gasteiger partial charge in [0.15, 0.2) is 22.7 Å².